The van der Waals surface area contributed by atoms with Gasteiger partial charge < -0.3 is 10.6 Å². The van der Waals surface area contributed by atoms with Crippen LogP contribution in [0.2, 0.25) is 0 Å². The molecular weight excluding hydrogens is 336 g/mol. The molecule has 0 aliphatic rings. The monoisotopic (exact) mass is 362 g/mol. The molecule has 0 amide bonds. The molecule has 0 bridgehead atoms. The zero-order chi connectivity index (χ0) is 16.7. The summed E-state index contributed by atoms with van der Waals surface area (Å²) in [5.74, 6) is 2.28. The Hall–Kier alpha value is -1.08. The van der Waals surface area contributed by atoms with Gasteiger partial charge in [-0.1, -0.05) is 33.7 Å². The summed E-state index contributed by atoms with van der Waals surface area (Å²) in [7, 11) is 3.88. The lowest BCUT2D eigenvalue weighted by atomic mass is 10.3. The third-order valence-electron chi connectivity index (χ3n) is 3.38. The summed E-state index contributed by atoms with van der Waals surface area (Å²) in [5, 5.41) is 6.93. The van der Waals surface area contributed by atoms with Crippen molar-refractivity contribution >= 4 is 21.6 Å². The van der Waals surface area contributed by atoms with Gasteiger partial charge >= 0.3 is 0 Å². The highest BCUT2D eigenvalue weighted by atomic mass is 33.1. The van der Waals surface area contributed by atoms with Crippen LogP contribution < -0.4 is 10.6 Å². The second-order valence-electron chi connectivity index (χ2n) is 5.29. The third kappa shape index (κ3) is 9.27. The van der Waals surface area contributed by atoms with Crippen molar-refractivity contribution in [3.63, 3.8) is 0 Å². The van der Waals surface area contributed by atoms with Gasteiger partial charge in [0.2, 0.25) is 0 Å². The molecule has 0 aliphatic heterocycles. The van der Waals surface area contributed by atoms with E-state index in [-0.39, 0.29) is 0 Å². The molecule has 2 N–H and O–H groups in total. The Balaban J connectivity index is 1.32. The van der Waals surface area contributed by atoms with Crippen LogP contribution >= 0.6 is 21.6 Å². The molecule has 0 aliphatic carbocycles. The van der Waals surface area contributed by atoms with Crippen molar-refractivity contribution < 1.29 is 0 Å². The highest BCUT2D eigenvalue weighted by Gasteiger charge is 1.95. The Bertz CT molecular complexity index is 476. The first-order valence-electron chi connectivity index (χ1n) is 8.41. The van der Waals surface area contributed by atoms with Gasteiger partial charge in [0, 0.05) is 74.3 Å². The van der Waals surface area contributed by atoms with Crippen molar-refractivity contribution in [1.29, 1.82) is 0 Å². The summed E-state index contributed by atoms with van der Waals surface area (Å²) in [6.07, 6.45) is 5.70. The summed E-state index contributed by atoms with van der Waals surface area (Å²) in [6, 6.07) is 12.1. The fourth-order valence-corrected chi connectivity index (χ4v) is 4.02. The lowest BCUT2D eigenvalue weighted by Gasteiger charge is -2.05. The van der Waals surface area contributed by atoms with E-state index in [0.717, 1.165) is 61.9 Å². The smallest absolute Gasteiger partial charge is 0.0416 e. The molecule has 0 aromatic carbocycles. The maximum atomic E-state index is 4.32. The lowest BCUT2D eigenvalue weighted by molar-refractivity contribution is 0.712. The van der Waals surface area contributed by atoms with Gasteiger partial charge in [-0.25, -0.2) is 0 Å². The van der Waals surface area contributed by atoms with E-state index in [4.69, 9.17) is 0 Å². The topological polar surface area (TPSA) is 49.8 Å². The summed E-state index contributed by atoms with van der Waals surface area (Å²) in [5.41, 5.74) is 2.31. The maximum Gasteiger partial charge on any atom is 0.0416 e. The molecule has 2 aromatic rings. The molecule has 2 aromatic heterocycles. The number of aromatic nitrogens is 2. The van der Waals surface area contributed by atoms with Gasteiger partial charge in [-0.05, 0) is 24.3 Å². The van der Waals surface area contributed by atoms with Crippen LogP contribution in [0.5, 0.6) is 0 Å². The van der Waals surface area contributed by atoms with Crippen molar-refractivity contribution in [3.8, 4) is 0 Å². The summed E-state index contributed by atoms with van der Waals surface area (Å²) in [6.45, 7) is 4.10. The molecule has 0 fully saturated rings. The molecule has 0 saturated carbocycles. The Morgan fingerprint density at radius 2 is 1.17 bits per heavy atom. The Morgan fingerprint density at radius 3 is 1.58 bits per heavy atom. The van der Waals surface area contributed by atoms with E-state index in [2.05, 4.69) is 32.7 Å². The van der Waals surface area contributed by atoms with Crippen molar-refractivity contribution in [2.75, 3.05) is 37.7 Å². The molecule has 0 radical (unpaired) electrons. The normalized spacial score (nSPS) is 10.8. The van der Waals surface area contributed by atoms with Crippen LogP contribution in [0.15, 0.2) is 48.8 Å². The van der Waals surface area contributed by atoms with Crippen LogP contribution in [-0.2, 0) is 12.8 Å². The number of nitrogens with one attached hydrogen (secondary N) is 2. The molecule has 130 valence electrons. The predicted octanol–water partition coefficient (Wildman–Crippen LogP) is 2.82. The largest absolute Gasteiger partial charge is 0.315 e. The first-order valence-corrected chi connectivity index (χ1v) is 10.9. The zero-order valence-electron chi connectivity index (χ0n) is 14.0. The van der Waals surface area contributed by atoms with Crippen LogP contribution in [0.25, 0.3) is 0 Å². The Kier molecular flexibility index (Phi) is 10.6. The molecule has 0 unspecified atom stereocenters. The number of nitrogens with zero attached hydrogens (tertiary/aromatic N) is 2. The van der Waals surface area contributed by atoms with Crippen LogP contribution in [0, 0.1) is 0 Å². The van der Waals surface area contributed by atoms with Crippen molar-refractivity contribution in [3.05, 3.63) is 60.2 Å². The van der Waals surface area contributed by atoms with Gasteiger partial charge in [0.05, 0.1) is 0 Å². The summed E-state index contributed by atoms with van der Waals surface area (Å²) < 4.78 is 0. The van der Waals surface area contributed by atoms with Crippen LogP contribution in [0.3, 0.4) is 0 Å². The fraction of sp³-hybridized carbons (Fsp3) is 0.444. The van der Waals surface area contributed by atoms with E-state index in [1.807, 2.05) is 58.2 Å². The average molecular weight is 363 g/mol. The molecular formula is C18H26N4S2. The number of rotatable bonds is 13. The minimum atomic E-state index is 0.997. The van der Waals surface area contributed by atoms with Gasteiger partial charge in [0.25, 0.3) is 0 Å². The quantitative estimate of drug-likeness (QED) is 0.422. The van der Waals surface area contributed by atoms with E-state index in [1.54, 1.807) is 0 Å². The van der Waals surface area contributed by atoms with Crippen molar-refractivity contribution in [2.45, 2.75) is 12.8 Å². The summed E-state index contributed by atoms with van der Waals surface area (Å²) >= 11 is 0. The second-order valence-corrected chi connectivity index (χ2v) is 7.99. The van der Waals surface area contributed by atoms with Crippen LogP contribution in [0.1, 0.15) is 11.4 Å². The Morgan fingerprint density at radius 1 is 0.667 bits per heavy atom. The first-order chi connectivity index (χ1) is 11.9. The molecule has 0 saturated heterocycles. The molecule has 2 heterocycles. The van der Waals surface area contributed by atoms with E-state index < -0.39 is 0 Å². The van der Waals surface area contributed by atoms with E-state index in [9.17, 15) is 0 Å². The van der Waals surface area contributed by atoms with Crippen LogP contribution in [-0.4, -0.2) is 47.7 Å². The molecule has 0 spiro atoms. The SMILES string of the molecule is c1ccc(CCNCCSSCCNCCc2ccccn2)nc1. The number of hydrogen-bond donors (Lipinski definition) is 2. The summed E-state index contributed by atoms with van der Waals surface area (Å²) in [4.78, 5) is 8.64. The molecule has 6 heteroatoms. The van der Waals surface area contributed by atoms with Crippen LogP contribution in [0.4, 0.5) is 0 Å². The third-order valence-corrected chi connectivity index (χ3v) is 5.78. The van der Waals surface area contributed by atoms with Crippen molar-refractivity contribution in [2.24, 2.45) is 0 Å². The van der Waals surface area contributed by atoms with Gasteiger partial charge in [0.15, 0.2) is 0 Å². The van der Waals surface area contributed by atoms with Gasteiger partial charge in [0.1, 0.15) is 0 Å². The van der Waals surface area contributed by atoms with E-state index in [1.165, 1.54) is 0 Å². The van der Waals surface area contributed by atoms with Gasteiger partial charge in [-0.3, -0.25) is 9.97 Å². The highest BCUT2D eigenvalue weighted by molar-refractivity contribution is 8.76. The Labute approximate surface area is 153 Å². The lowest BCUT2D eigenvalue weighted by Crippen LogP contribution is -2.21. The number of pyridine rings is 2. The number of hydrogen-bond acceptors (Lipinski definition) is 6. The predicted molar refractivity (Wildman–Crippen MR) is 107 cm³/mol. The minimum absolute atomic E-state index is 0.997. The van der Waals surface area contributed by atoms with Crippen molar-refractivity contribution in [1.82, 2.24) is 20.6 Å². The minimum Gasteiger partial charge on any atom is -0.315 e. The molecule has 2 rings (SSSR count). The zero-order valence-corrected chi connectivity index (χ0v) is 15.6. The van der Waals surface area contributed by atoms with E-state index in [0.29, 0.717) is 0 Å². The fourth-order valence-electron chi connectivity index (χ4n) is 2.12. The molecule has 24 heavy (non-hydrogen) atoms. The molecule has 0 atom stereocenters. The van der Waals surface area contributed by atoms with Gasteiger partial charge in [-0.15, -0.1) is 0 Å². The average Bonchev–Trinajstić information content (AvgIpc) is 2.64. The maximum absolute atomic E-state index is 4.32. The van der Waals surface area contributed by atoms with Gasteiger partial charge in [-0.2, -0.15) is 0 Å². The highest BCUT2D eigenvalue weighted by Crippen LogP contribution is 2.19. The standard InChI is InChI=1S/C18H26N4S2/c1-3-9-21-17(5-1)7-11-19-13-15-23-24-16-14-20-12-8-18-6-2-4-10-22-18/h1-6,9-10,19-20H,7-8,11-16H2. The molecule has 4 nitrogen and oxygen atoms in total. The first kappa shape index (κ1) is 19.2. The second kappa shape index (κ2) is 13.2. The van der Waals surface area contributed by atoms with E-state index >= 15 is 0 Å².